The summed E-state index contributed by atoms with van der Waals surface area (Å²) >= 11 is 6.06. The van der Waals surface area contributed by atoms with Crippen LogP contribution in [-0.4, -0.2) is 61.9 Å². The number of imidazole rings is 1. The number of aromatic amines is 1. The lowest BCUT2D eigenvalue weighted by atomic mass is 10.1. The minimum Gasteiger partial charge on any atom is -0.441 e. The molecular weight excluding hydrogens is 502 g/mol. The van der Waals surface area contributed by atoms with Crippen molar-refractivity contribution < 1.29 is 36.6 Å². The molecule has 0 unspecified atom stereocenters. The van der Waals surface area contributed by atoms with E-state index in [1.54, 1.807) is 13.8 Å². The first-order valence-electron chi connectivity index (χ1n) is 10.3. The number of hydrogen-bond acceptors (Lipinski definition) is 8. The second-order valence-electron chi connectivity index (χ2n) is 7.86. The molecule has 3 aromatic rings. The Kier molecular flexibility index (Phi) is 7.00. The molecule has 0 radical (unpaired) electrons. The lowest BCUT2D eigenvalue weighted by Gasteiger charge is -2.16. The third kappa shape index (κ3) is 5.91. The van der Waals surface area contributed by atoms with E-state index in [1.807, 2.05) is 0 Å². The summed E-state index contributed by atoms with van der Waals surface area (Å²) in [5.74, 6) is 0.333. The van der Waals surface area contributed by atoms with Gasteiger partial charge in [-0.05, 0) is 13.8 Å². The molecule has 0 saturated carbocycles. The van der Waals surface area contributed by atoms with E-state index in [0.29, 0.717) is 0 Å². The van der Waals surface area contributed by atoms with Gasteiger partial charge in [0.25, 0.3) is 0 Å². The zero-order chi connectivity index (χ0) is 25.3. The van der Waals surface area contributed by atoms with Gasteiger partial charge in [-0.1, -0.05) is 11.6 Å². The molecule has 3 atom stereocenters. The van der Waals surface area contributed by atoms with Crippen LogP contribution in [0.3, 0.4) is 0 Å². The van der Waals surface area contributed by atoms with Crippen molar-refractivity contribution >= 4 is 35.1 Å². The molecule has 0 aromatic carbocycles. The van der Waals surface area contributed by atoms with Crippen molar-refractivity contribution in [3.63, 3.8) is 0 Å². The van der Waals surface area contributed by atoms with E-state index >= 15 is 0 Å². The van der Waals surface area contributed by atoms with Gasteiger partial charge in [0.1, 0.15) is 11.1 Å². The Balaban J connectivity index is 1.46. The van der Waals surface area contributed by atoms with Crippen LogP contribution in [0.15, 0.2) is 18.5 Å². The van der Waals surface area contributed by atoms with E-state index in [1.165, 1.54) is 22.9 Å². The van der Waals surface area contributed by atoms with E-state index in [-0.39, 0.29) is 46.5 Å². The summed E-state index contributed by atoms with van der Waals surface area (Å²) in [5, 5.41) is 12.2. The lowest BCUT2D eigenvalue weighted by molar-refractivity contribution is -0.330. The van der Waals surface area contributed by atoms with Gasteiger partial charge in [-0.2, -0.15) is 5.10 Å². The average Bonchev–Trinajstić information content (AvgIpc) is 3.47. The van der Waals surface area contributed by atoms with E-state index in [9.17, 15) is 22.4 Å². The van der Waals surface area contributed by atoms with Crippen molar-refractivity contribution in [2.24, 2.45) is 0 Å². The molecule has 16 heteroatoms. The standard InChI is InChI=1S/C19H20ClF4N7O4/c1-8(2)26-18(32)35-12-7-33-15(14(12)21)11-3-13(30-29-11)28-17-25-4-10(20)16-27-9(5-31(16)17)6-34-19(22,23)24/h3-5,8,12,14-15H,6-7H2,1-2H3,(H,26,32)(H2,25,28,29,30)/t12-,14-,15-/m0/s1. The minimum absolute atomic E-state index is 0.0323. The number of ether oxygens (including phenoxy) is 3. The first-order valence-corrected chi connectivity index (χ1v) is 10.7. The van der Waals surface area contributed by atoms with Crippen LogP contribution >= 0.6 is 11.6 Å². The van der Waals surface area contributed by atoms with Gasteiger partial charge in [-0.25, -0.2) is 19.2 Å². The highest BCUT2D eigenvalue weighted by Crippen LogP contribution is 2.33. The summed E-state index contributed by atoms with van der Waals surface area (Å²) in [6, 6.07) is 1.29. The summed E-state index contributed by atoms with van der Waals surface area (Å²) in [7, 11) is 0. The van der Waals surface area contributed by atoms with Gasteiger partial charge in [-0.3, -0.25) is 14.2 Å². The number of nitrogens with zero attached hydrogens (tertiary/aromatic N) is 4. The topological polar surface area (TPSA) is 128 Å². The molecule has 1 saturated heterocycles. The summed E-state index contributed by atoms with van der Waals surface area (Å²) in [4.78, 5) is 19.9. The maximum Gasteiger partial charge on any atom is 0.522 e. The molecule has 190 valence electrons. The lowest BCUT2D eigenvalue weighted by Crippen LogP contribution is -2.36. The molecule has 1 aliphatic rings. The Hall–Kier alpha value is -3.17. The van der Waals surface area contributed by atoms with Crippen LogP contribution in [0.1, 0.15) is 31.3 Å². The molecule has 4 rings (SSSR count). The molecule has 4 heterocycles. The molecule has 0 aliphatic carbocycles. The predicted octanol–water partition coefficient (Wildman–Crippen LogP) is 3.80. The van der Waals surface area contributed by atoms with Crippen molar-refractivity contribution in [2.75, 3.05) is 11.9 Å². The maximum absolute atomic E-state index is 14.9. The SMILES string of the molecule is CC(C)NC(=O)O[C@H]1CO[C@@H](c2cc(Nc3ncc(Cl)c4nc(COC(F)(F)F)cn34)n[nH]2)[C@H]1F. The Morgan fingerprint density at radius 3 is 2.91 bits per heavy atom. The Morgan fingerprint density at radius 2 is 2.20 bits per heavy atom. The third-order valence-corrected chi connectivity index (χ3v) is 5.04. The number of carbonyl (C=O) groups excluding carboxylic acids is 1. The first kappa shape index (κ1) is 24.9. The van der Waals surface area contributed by atoms with Crippen molar-refractivity contribution in [3.8, 4) is 0 Å². The van der Waals surface area contributed by atoms with Crippen LogP contribution in [0.5, 0.6) is 0 Å². The Morgan fingerprint density at radius 1 is 1.43 bits per heavy atom. The highest BCUT2D eigenvalue weighted by atomic mass is 35.5. The number of H-pyrrole nitrogens is 1. The van der Waals surface area contributed by atoms with Gasteiger partial charge >= 0.3 is 12.5 Å². The summed E-state index contributed by atoms with van der Waals surface area (Å²) in [5.41, 5.74) is 0.379. The zero-order valence-electron chi connectivity index (χ0n) is 18.3. The molecule has 11 nitrogen and oxygen atoms in total. The fourth-order valence-electron chi connectivity index (χ4n) is 3.32. The quantitative estimate of drug-likeness (QED) is 0.401. The molecule has 0 spiro atoms. The van der Waals surface area contributed by atoms with Crippen molar-refractivity contribution in [2.45, 2.75) is 51.2 Å². The predicted molar refractivity (Wildman–Crippen MR) is 113 cm³/mol. The number of aromatic nitrogens is 5. The van der Waals surface area contributed by atoms with Crippen LogP contribution < -0.4 is 10.6 Å². The normalized spacial score (nSPS) is 20.5. The number of nitrogens with one attached hydrogen (secondary N) is 3. The summed E-state index contributed by atoms with van der Waals surface area (Å²) in [6.07, 6.45) is -6.84. The van der Waals surface area contributed by atoms with Gasteiger partial charge < -0.3 is 20.1 Å². The van der Waals surface area contributed by atoms with Crippen molar-refractivity contribution in [1.29, 1.82) is 0 Å². The number of amides is 1. The van der Waals surface area contributed by atoms with E-state index in [2.05, 4.69) is 35.5 Å². The van der Waals surface area contributed by atoms with Crippen LogP contribution in [0, 0.1) is 0 Å². The fraction of sp³-hybridized carbons (Fsp3) is 0.474. The van der Waals surface area contributed by atoms with Gasteiger partial charge in [-0.15, -0.1) is 13.2 Å². The smallest absolute Gasteiger partial charge is 0.441 e. The second kappa shape index (κ2) is 9.83. The number of rotatable bonds is 7. The van der Waals surface area contributed by atoms with Crippen LogP contribution in [0.4, 0.5) is 34.1 Å². The molecule has 0 bridgehead atoms. The molecule has 1 fully saturated rings. The molecule has 3 N–H and O–H groups in total. The first-order chi connectivity index (χ1) is 16.5. The zero-order valence-corrected chi connectivity index (χ0v) is 19.0. The monoisotopic (exact) mass is 521 g/mol. The Bertz CT molecular complexity index is 1200. The van der Waals surface area contributed by atoms with Gasteiger partial charge in [0.15, 0.2) is 23.7 Å². The second-order valence-corrected chi connectivity index (χ2v) is 8.27. The molecule has 1 aliphatic heterocycles. The summed E-state index contributed by atoms with van der Waals surface area (Å²) < 4.78 is 67.6. The number of fused-ring (bicyclic) bond motifs is 1. The fourth-order valence-corrected chi connectivity index (χ4v) is 3.50. The number of hydrogen-bond donors (Lipinski definition) is 3. The van der Waals surface area contributed by atoms with E-state index in [0.717, 1.165) is 0 Å². The molecular formula is C19H20ClF4N7O4. The highest BCUT2D eigenvalue weighted by molar-refractivity contribution is 6.33. The maximum atomic E-state index is 14.9. The van der Waals surface area contributed by atoms with Crippen LogP contribution in [0.2, 0.25) is 5.02 Å². The molecule has 1 amide bonds. The number of carbonyl (C=O) groups is 1. The van der Waals surface area contributed by atoms with Gasteiger partial charge in [0.2, 0.25) is 5.95 Å². The molecule has 35 heavy (non-hydrogen) atoms. The van der Waals surface area contributed by atoms with E-state index in [4.69, 9.17) is 21.1 Å². The largest absolute Gasteiger partial charge is 0.522 e. The van der Waals surface area contributed by atoms with Gasteiger partial charge in [0, 0.05) is 18.3 Å². The van der Waals surface area contributed by atoms with Crippen molar-refractivity contribution in [1.82, 2.24) is 29.9 Å². The minimum atomic E-state index is -4.82. The van der Waals surface area contributed by atoms with Crippen LogP contribution in [0.25, 0.3) is 5.65 Å². The number of anilines is 2. The Labute approximate surface area is 200 Å². The van der Waals surface area contributed by atoms with E-state index < -0.39 is 37.4 Å². The van der Waals surface area contributed by atoms with Crippen LogP contribution in [-0.2, 0) is 20.8 Å². The van der Waals surface area contributed by atoms with Crippen molar-refractivity contribution in [3.05, 3.63) is 34.9 Å². The number of halogens is 5. The third-order valence-electron chi connectivity index (χ3n) is 4.77. The highest BCUT2D eigenvalue weighted by Gasteiger charge is 2.42. The molecule has 3 aromatic heterocycles. The number of alkyl carbamates (subject to hydrolysis) is 1. The summed E-state index contributed by atoms with van der Waals surface area (Å²) in [6.45, 7) is 2.52. The average molecular weight is 522 g/mol. The van der Waals surface area contributed by atoms with Gasteiger partial charge in [0.05, 0.1) is 30.8 Å². The number of alkyl halides is 4.